The van der Waals surface area contributed by atoms with Crippen LogP contribution in [0.4, 0.5) is 5.69 Å². The average molecular weight is 203 g/mol. The predicted octanol–water partition coefficient (Wildman–Crippen LogP) is 2.55. The quantitative estimate of drug-likeness (QED) is 0.634. The number of aryl methyl sites for hydroxylation is 1. The van der Waals surface area contributed by atoms with Crippen LogP contribution >= 0.6 is 0 Å². The van der Waals surface area contributed by atoms with E-state index in [2.05, 4.69) is 18.2 Å². The predicted molar refractivity (Wildman–Crippen MR) is 62.2 cm³/mol. The Morgan fingerprint density at radius 2 is 1.73 bits per heavy atom. The minimum Gasteiger partial charge on any atom is -0.312 e. The Bertz CT molecular complexity index is 384. The molecule has 1 aromatic carbocycles. The van der Waals surface area contributed by atoms with Crippen LogP contribution in [0.25, 0.3) is 0 Å². The third kappa shape index (κ3) is 1.54. The van der Waals surface area contributed by atoms with Crippen LogP contribution < -0.4 is 4.90 Å². The molecule has 0 atom stereocenters. The van der Waals surface area contributed by atoms with Gasteiger partial charge in [-0.15, -0.1) is 0 Å². The van der Waals surface area contributed by atoms with Gasteiger partial charge in [0.2, 0.25) is 5.91 Å². The van der Waals surface area contributed by atoms with Gasteiger partial charge in [-0.05, 0) is 24.0 Å². The summed E-state index contributed by atoms with van der Waals surface area (Å²) < 4.78 is 0. The van der Waals surface area contributed by atoms with Crippen LogP contribution in [0, 0.1) is 0 Å². The van der Waals surface area contributed by atoms with Crippen LogP contribution in [-0.4, -0.2) is 12.5 Å². The maximum atomic E-state index is 11.5. The molecule has 1 aromatic rings. The number of amides is 1. The van der Waals surface area contributed by atoms with Crippen LogP contribution in [-0.2, 0) is 17.6 Å². The summed E-state index contributed by atoms with van der Waals surface area (Å²) in [7, 11) is 0. The van der Waals surface area contributed by atoms with Gasteiger partial charge in [-0.2, -0.15) is 0 Å². The maximum absolute atomic E-state index is 11.5. The van der Waals surface area contributed by atoms with Crippen molar-refractivity contribution in [3.05, 3.63) is 29.3 Å². The highest BCUT2D eigenvalue weighted by atomic mass is 16.2. The van der Waals surface area contributed by atoms with Crippen molar-refractivity contribution in [3.63, 3.8) is 0 Å². The minimum atomic E-state index is 0.303. The molecule has 2 aliphatic rings. The van der Waals surface area contributed by atoms with Crippen LogP contribution in [0.3, 0.4) is 0 Å². The number of benzene rings is 1. The Morgan fingerprint density at radius 1 is 1.07 bits per heavy atom. The fourth-order valence-electron chi connectivity index (χ4n) is 2.36. The molecule has 0 radical (unpaired) electrons. The summed E-state index contributed by atoms with van der Waals surface area (Å²) in [6.07, 6.45) is 2.66. The number of rotatable bonds is 0. The monoisotopic (exact) mass is 203 g/mol. The maximum Gasteiger partial charge on any atom is 0.227 e. The molecule has 2 heteroatoms. The summed E-state index contributed by atoms with van der Waals surface area (Å²) in [5.41, 5.74) is 3.93. The van der Waals surface area contributed by atoms with Crippen LogP contribution in [0.15, 0.2) is 18.2 Å². The van der Waals surface area contributed by atoms with Crippen molar-refractivity contribution in [1.29, 1.82) is 0 Å². The van der Waals surface area contributed by atoms with E-state index in [4.69, 9.17) is 0 Å². The lowest BCUT2D eigenvalue weighted by molar-refractivity contribution is -0.118. The van der Waals surface area contributed by atoms with Gasteiger partial charge in [0.15, 0.2) is 0 Å². The van der Waals surface area contributed by atoms with Crippen molar-refractivity contribution >= 4 is 11.6 Å². The van der Waals surface area contributed by atoms with Gasteiger partial charge in [0, 0.05) is 13.0 Å². The second-order valence-corrected chi connectivity index (χ2v) is 3.72. The van der Waals surface area contributed by atoms with Gasteiger partial charge in [-0.25, -0.2) is 0 Å². The van der Waals surface area contributed by atoms with Gasteiger partial charge in [0.1, 0.15) is 0 Å². The van der Waals surface area contributed by atoms with Crippen molar-refractivity contribution in [1.82, 2.24) is 0 Å². The molecule has 15 heavy (non-hydrogen) atoms. The molecule has 2 aliphatic heterocycles. The summed E-state index contributed by atoms with van der Waals surface area (Å²) in [5, 5.41) is 0. The third-order valence-corrected chi connectivity index (χ3v) is 2.99. The van der Waals surface area contributed by atoms with E-state index in [1.165, 1.54) is 16.8 Å². The first-order chi connectivity index (χ1) is 7.36. The topological polar surface area (TPSA) is 20.3 Å². The summed E-state index contributed by atoms with van der Waals surface area (Å²) in [6, 6.07) is 6.38. The van der Waals surface area contributed by atoms with E-state index in [-0.39, 0.29) is 0 Å². The highest BCUT2D eigenvalue weighted by Crippen LogP contribution is 2.35. The van der Waals surface area contributed by atoms with Gasteiger partial charge in [0.05, 0.1) is 5.69 Å². The van der Waals surface area contributed by atoms with E-state index in [0.717, 1.165) is 19.4 Å². The SMILES string of the molecule is CC.O=C1CCc2cccc3c2N1CC3. The van der Waals surface area contributed by atoms with Crippen molar-refractivity contribution in [2.24, 2.45) is 0 Å². The fraction of sp³-hybridized carbons (Fsp3) is 0.462. The zero-order valence-corrected chi connectivity index (χ0v) is 9.42. The van der Waals surface area contributed by atoms with E-state index in [9.17, 15) is 4.79 Å². The molecule has 2 nitrogen and oxygen atoms in total. The molecule has 80 valence electrons. The standard InChI is InChI=1S/C11H11NO.C2H6/c13-10-5-4-8-2-1-3-9-6-7-12(10)11(8)9;1-2/h1-3H,4-7H2;1-2H3. The van der Waals surface area contributed by atoms with E-state index < -0.39 is 0 Å². The van der Waals surface area contributed by atoms with E-state index in [1.807, 2.05) is 18.7 Å². The Morgan fingerprint density at radius 3 is 2.47 bits per heavy atom. The van der Waals surface area contributed by atoms with Crippen molar-refractivity contribution in [2.75, 3.05) is 11.4 Å². The van der Waals surface area contributed by atoms with Crippen molar-refractivity contribution in [2.45, 2.75) is 33.1 Å². The number of hydrogen-bond acceptors (Lipinski definition) is 1. The van der Waals surface area contributed by atoms with Gasteiger partial charge in [-0.3, -0.25) is 4.79 Å². The Balaban J connectivity index is 0.000000404. The second kappa shape index (κ2) is 4.05. The van der Waals surface area contributed by atoms with Crippen LogP contribution in [0.5, 0.6) is 0 Å². The first-order valence-electron chi connectivity index (χ1n) is 5.77. The summed E-state index contributed by atoms with van der Waals surface area (Å²) in [5.74, 6) is 0.303. The fourth-order valence-corrected chi connectivity index (χ4v) is 2.36. The highest BCUT2D eigenvalue weighted by molar-refractivity contribution is 5.98. The molecule has 0 spiro atoms. The molecule has 1 amide bonds. The first-order valence-corrected chi connectivity index (χ1v) is 5.77. The lowest BCUT2D eigenvalue weighted by Crippen LogP contribution is -2.32. The van der Waals surface area contributed by atoms with E-state index >= 15 is 0 Å². The largest absolute Gasteiger partial charge is 0.312 e. The zero-order chi connectivity index (χ0) is 10.8. The van der Waals surface area contributed by atoms with Crippen LogP contribution in [0.2, 0.25) is 0 Å². The van der Waals surface area contributed by atoms with Gasteiger partial charge >= 0.3 is 0 Å². The molecule has 0 saturated heterocycles. The molecule has 0 bridgehead atoms. The third-order valence-electron chi connectivity index (χ3n) is 2.99. The van der Waals surface area contributed by atoms with Gasteiger partial charge in [0.25, 0.3) is 0 Å². The molecule has 0 N–H and O–H groups in total. The molecular formula is C13H17NO. The zero-order valence-electron chi connectivity index (χ0n) is 9.42. The number of carbonyl (C=O) groups is 1. The number of anilines is 1. The number of hydrogen-bond donors (Lipinski definition) is 0. The average Bonchev–Trinajstić information content (AvgIpc) is 2.73. The summed E-state index contributed by atoms with van der Waals surface area (Å²) in [4.78, 5) is 13.5. The Labute approximate surface area is 90.9 Å². The molecule has 3 rings (SSSR count). The number of nitrogens with zero attached hydrogens (tertiary/aromatic N) is 1. The lowest BCUT2D eigenvalue weighted by atomic mass is 10.00. The van der Waals surface area contributed by atoms with Crippen LogP contribution in [0.1, 0.15) is 31.4 Å². The Kier molecular flexibility index (Phi) is 2.76. The molecule has 0 aromatic heterocycles. The van der Waals surface area contributed by atoms with Crippen molar-refractivity contribution in [3.8, 4) is 0 Å². The first kappa shape index (κ1) is 10.2. The van der Waals surface area contributed by atoms with E-state index in [1.54, 1.807) is 0 Å². The highest BCUT2D eigenvalue weighted by Gasteiger charge is 2.30. The van der Waals surface area contributed by atoms with Gasteiger partial charge < -0.3 is 4.90 Å². The minimum absolute atomic E-state index is 0.303. The lowest BCUT2D eigenvalue weighted by Gasteiger charge is -2.24. The molecule has 0 fully saturated rings. The molecule has 0 aliphatic carbocycles. The molecular weight excluding hydrogens is 186 g/mol. The van der Waals surface area contributed by atoms with Gasteiger partial charge in [-0.1, -0.05) is 32.0 Å². The number of carbonyl (C=O) groups excluding carboxylic acids is 1. The Hall–Kier alpha value is -1.31. The molecule has 0 unspecified atom stereocenters. The van der Waals surface area contributed by atoms with E-state index in [0.29, 0.717) is 12.3 Å². The molecule has 2 heterocycles. The second-order valence-electron chi connectivity index (χ2n) is 3.72. The number of para-hydroxylation sites is 1. The van der Waals surface area contributed by atoms with Crippen molar-refractivity contribution < 1.29 is 4.79 Å². The normalized spacial score (nSPS) is 16.9. The summed E-state index contributed by atoms with van der Waals surface area (Å²) >= 11 is 0. The molecule has 0 saturated carbocycles. The smallest absolute Gasteiger partial charge is 0.227 e. The summed E-state index contributed by atoms with van der Waals surface area (Å²) in [6.45, 7) is 4.89.